The molecule has 0 radical (unpaired) electrons. The van der Waals surface area contributed by atoms with Gasteiger partial charge < -0.3 is 19.7 Å². The molecule has 1 aliphatic heterocycles. The monoisotopic (exact) mass is 362 g/mol. The van der Waals surface area contributed by atoms with Crippen LogP contribution in [0.4, 0.5) is 14.5 Å². The van der Waals surface area contributed by atoms with Crippen LogP contribution in [0.1, 0.15) is 6.92 Å². The number of aromatic nitrogens is 2. The molecule has 0 aliphatic carbocycles. The molecule has 0 atom stereocenters. The van der Waals surface area contributed by atoms with Crippen LogP contribution < -0.4 is 10.2 Å². The van der Waals surface area contributed by atoms with Gasteiger partial charge in [0.2, 0.25) is 0 Å². The summed E-state index contributed by atoms with van der Waals surface area (Å²) in [5, 5.41) is 3.31. The van der Waals surface area contributed by atoms with Gasteiger partial charge in [-0.15, -0.1) is 0 Å². The molecular weight excluding hydrogens is 338 g/mol. The molecule has 3 rings (SSSR count). The van der Waals surface area contributed by atoms with Gasteiger partial charge in [-0.25, -0.2) is 13.8 Å². The molecule has 0 unspecified atom stereocenters. The first kappa shape index (κ1) is 18.2. The summed E-state index contributed by atoms with van der Waals surface area (Å²) in [6, 6.07) is 3.58. The molecule has 140 valence electrons. The van der Waals surface area contributed by atoms with Crippen molar-refractivity contribution in [2.45, 2.75) is 13.5 Å². The minimum absolute atomic E-state index is 0.326. The fourth-order valence-electron chi connectivity index (χ4n) is 3.00. The summed E-state index contributed by atoms with van der Waals surface area (Å²) in [5.74, 6) is 0.0472. The van der Waals surface area contributed by atoms with Gasteiger partial charge in [0.25, 0.3) is 0 Å². The third kappa shape index (κ3) is 4.50. The summed E-state index contributed by atoms with van der Waals surface area (Å²) >= 11 is 0. The molecule has 2 aromatic rings. The maximum absolute atomic E-state index is 14.0. The average molecular weight is 362 g/mol. The Bertz CT molecular complexity index is 723. The summed E-state index contributed by atoms with van der Waals surface area (Å²) in [7, 11) is 0. The molecule has 1 saturated heterocycles. The van der Waals surface area contributed by atoms with Crippen molar-refractivity contribution < 1.29 is 8.78 Å². The van der Waals surface area contributed by atoms with Gasteiger partial charge in [0.15, 0.2) is 5.96 Å². The SMILES string of the molecule is CCNC(=NCCn1ccnc1)N1CCN(c2cc(F)ccc2F)CC1. The number of benzene rings is 1. The van der Waals surface area contributed by atoms with Crippen molar-refractivity contribution >= 4 is 11.6 Å². The lowest BCUT2D eigenvalue weighted by Crippen LogP contribution is -2.52. The summed E-state index contributed by atoms with van der Waals surface area (Å²) in [6.45, 7) is 6.87. The number of hydrogen-bond donors (Lipinski definition) is 1. The number of aliphatic imine (C=N–C) groups is 1. The molecule has 0 amide bonds. The van der Waals surface area contributed by atoms with E-state index in [-0.39, 0.29) is 5.82 Å². The van der Waals surface area contributed by atoms with Crippen LogP contribution in [0.5, 0.6) is 0 Å². The lowest BCUT2D eigenvalue weighted by molar-refractivity contribution is 0.370. The molecule has 1 fully saturated rings. The highest BCUT2D eigenvalue weighted by Crippen LogP contribution is 2.21. The van der Waals surface area contributed by atoms with Crippen LogP contribution in [0.25, 0.3) is 0 Å². The number of piperazine rings is 1. The van der Waals surface area contributed by atoms with E-state index >= 15 is 0 Å². The Morgan fingerprint density at radius 2 is 2.04 bits per heavy atom. The van der Waals surface area contributed by atoms with Crippen molar-refractivity contribution in [3.63, 3.8) is 0 Å². The van der Waals surface area contributed by atoms with Gasteiger partial charge in [0.05, 0.1) is 18.6 Å². The van der Waals surface area contributed by atoms with Gasteiger partial charge in [-0.2, -0.15) is 0 Å². The number of guanidine groups is 1. The van der Waals surface area contributed by atoms with E-state index in [1.807, 2.05) is 22.6 Å². The highest BCUT2D eigenvalue weighted by atomic mass is 19.1. The van der Waals surface area contributed by atoms with Gasteiger partial charge in [-0.1, -0.05) is 0 Å². The topological polar surface area (TPSA) is 48.7 Å². The zero-order valence-corrected chi connectivity index (χ0v) is 14.9. The lowest BCUT2D eigenvalue weighted by atomic mass is 10.2. The standard InChI is InChI=1S/C18H24F2N6/c1-2-22-18(23-6-8-24-7-5-21-14-24)26-11-9-25(10-12-26)17-13-15(19)3-4-16(17)20/h3-5,7,13-14H,2,6,8-12H2,1H3,(H,22,23). The molecule has 0 saturated carbocycles. The fraction of sp³-hybridized carbons (Fsp3) is 0.444. The van der Waals surface area contributed by atoms with Crippen LogP contribution in [-0.2, 0) is 6.54 Å². The number of nitrogens with zero attached hydrogens (tertiary/aromatic N) is 5. The quantitative estimate of drug-likeness (QED) is 0.652. The smallest absolute Gasteiger partial charge is 0.194 e. The number of halogens is 2. The third-order valence-electron chi connectivity index (χ3n) is 4.34. The molecule has 0 spiro atoms. The van der Waals surface area contributed by atoms with Crippen molar-refractivity contribution in [2.75, 3.05) is 44.2 Å². The maximum Gasteiger partial charge on any atom is 0.194 e. The van der Waals surface area contributed by atoms with Crippen LogP contribution in [-0.4, -0.2) is 59.7 Å². The number of imidazole rings is 1. The molecule has 26 heavy (non-hydrogen) atoms. The number of nitrogens with one attached hydrogen (secondary N) is 1. The predicted molar refractivity (Wildman–Crippen MR) is 98.3 cm³/mol. The lowest BCUT2D eigenvalue weighted by Gasteiger charge is -2.37. The van der Waals surface area contributed by atoms with Crippen molar-refractivity contribution in [1.82, 2.24) is 19.8 Å². The summed E-state index contributed by atoms with van der Waals surface area (Å²) in [4.78, 5) is 12.7. The zero-order chi connectivity index (χ0) is 18.4. The van der Waals surface area contributed by atoms with E-state index in [1.54, 1.807) is 12.5 Å². The minimum Gasteiger partial charge on any atom is -0.366 e. The van der Waals surface area contributed by atoms with Crippen LogP contribution in [0, 0.1) is 11.6 Å². The molecule has 2 heterocycles. The van der Waals surface area contributed by atoms with Crippen LogP contribution in [0.15, 0.2) is 41.9 Å². The van der Waals surface area contributed by atoms with Crippen molar-refractivity contribution in [3.8, 4) is 0 Å². The second kappa shape index (κ2) is 8.64. The maximum atomic E-state index is 14.0. The Kier molecular flexibility index (Phi) is 6.04. The van der Waals surface area contributed by atoms with Crippen LogP contribution in [0.2, 0.25) is 0 Å². The number of rotatable bonds is 5. The van der Waals surface area contributed by atoms with Crippen LogP contribution in [0.3, 0.4) is 0 Å². The molecule has 1 aliphatic rings. The van der Waals surface area contributed by atoms with Crippen LogP contribution >= 0.6 is 0 Å². The van der Waals surface area contributed by atoms with Crippen molar-refractivity contribution in [2.24, 2.45) is 4.99 Å². The van der Waals surface area contributed by atoms with E-state index in [0.717, 1.165) is 25.1 Å². The largest absolute Gasteiger partial charge is 0.366 e. The summed E-state index contributed by atoms with van der Waals surface area (Å²) in [5.41, 5.74) is 0.326. The first-order chi connectivity index (χ1) is 12.7. The fourth-order valence-corrected chi connectivity index (χ4v) is 3.00. The van der Waals surface area contributed by atoms with E-state index in [9.17, 15) is 8.78 Å². The molecule has 6 nitrogen and oxygen atoms in total. The van der Waals surface area contributed by atoms with Crippen molar-refractivity contribution in [1.29, 1.82) is 0 Å². The Hall–Kier alpha value is -2.64. The van der Waals surface area contributed by atoms with E-state index in [4.69, 9.17) is 0 Å². The highest BCUT2D eigenvalue weighted by Gasteiger charge is 2.21. The predicted octanol–water partition coefficient (Wildman–Crippen LogP) is 1.95. The number of hydrogen-bond acceptors (Lipinski definition) is 3. The molecule has 1 aromatic carbocycles. The highest BCUT2D eigenvalue weighted by molar-refractivity contribution is 5.80. The Balaban J connectivity index is 1.59. The second-order valence-corrected chi connectivity index (χ2v) is 6.11. The molecule has 0 bridgehead atoms. The van der Waals surface area contributed by atoms with Gasteiger partial charge in [-0.3, -0.25) is 4.99 Å². The van der Waals surface area contributed by atoms with Gasteiger partial charge in [0, 0.05) is 57.7 Å². The van der Waals surface area contributed by atoms with Gasteiger partial charge in [-0.05, 0) is 19.1 Å². The first-order valence-electron chi connectivity index (χ1n) is 8.86. The zero-order valence-electron chi connectivity index (χ0n) is 14.9. The molecular formula is C18H24F2N6. The normalized spacial score (nSPS) is 15.4. The van der Waals surface area contributed by atoms with E-state index in [0.29, 0.717) is 38.4 Å². The first-order valence-corrected chi connectivity index (χ1v) is 8.86. The van der Waals surface area contributed by atoms with E-state index in [1.165, 1.54) is 12.1 Å². The Labute approximate surface area is 152 Å². The number of anilines is 1. The average Bonchev–Trinajstić information content (AvgIpc) is 3.17. The van der Waals surface area contributed by atoms with Gasteiger partial charge in [0.1, 0.15) is 11.6 Å². The van der Waals surface area contributed by atoms with Gasteiger partial charge >= 0.3 is 0 Å². The van der Waals surface area contributed by atoms with Crippen molar-refractivity contribution in [3.05, 3.63) is 48.6 Å². The van der Waals surface area contributed by atoms with E-state index < -0.39 is 5.82 Å². The molecule has 1 aromatic heterocycles. The summed E-state index contributed by atoms with van der Waals surface area (Å²) < 4.78 is 29.4. The Morgan fingerprint density at radius 1 is 1.23 bits per heavy atom. The van der Waals surface area contributed by atoms with E-state index in [2.05, 4.69) is 20.2 Å². The Morgan fingerprint density at radius 3 is 2.73 bits per heavy atom. The molecule has 8 heteroatoms. The minimum atomic E-state index is -0.418. The molecule has 1 N–H and O–H groups in total. The second-order valence-electron chi connectivity index (χ2n) is 6.11. The summed E-state index contributed by atoms with van der Waals surface area (Å²) in [6.07, 6.45) is 5.43. The third-order valence-corrected chi connectivity index (χ3v) is 4.34.